The van der Waals surface area contributed by atoms with Gasteiger partial charge in [-0.15, -0.1) is 0 Å². The first-order valence-electron chi connectivity index (χ1n) is 6.45. The Labute approximate surface area is 115 Å². The predicted octanol–water partition coefficient (Wildman–Crippen LogP) is 0.140. The summed E-state index contributed by atoms with van der Waals surface area (Å²) in [4.78, 5) is 13.2. The first kappa shape index (κ1) is 18.3. The smallest absolute Gasteiger partial charge is 0.309 e. The number of aliphatic hydroxyl groups excluding tert-OH is 1. The molecule has 19 heavy (non-hydrogen) atoms. The van der Waals surface area contributed by atoms with Gasteiger partial charge in [-0.05, 0) is 14.0 Å². The molecule has 0 spiro atoms. The van der Waals surface area contributed by atoms with Gasteiger partial charge in [0.1, 0.15) is 0 Å². The van der Waals surface area contributed by atoms with Crippen LogP contribution < -0.4 is 0 Å². The van der Waals surface area contributed by atoms with Crippen LogP contribution in [0.3, 0.4) is 0 Å². The van der Waals surface area contributed by atoms with Crippen LogP contribution in [0.4, 0.5) is 0 Å². The number of aliphatic hydroxyl groups is 1. The van der Waals surface area contributed by atoms with Gasteiger partial charge in [-0.1, -0.05) is 6.92 Å². The zero-order chi connectivity index (χ0) is 14.8. The molecule has 0 saturated carbocycles. The highest BCUT2D eigenvalue weighted by molar-refractivity contribution is 5.71. The van der Waals surface area contributed by atoms with Crippen molar-refractivity contribution in [2.75, 3.05) is 47.6 Å². The monoisotopic (exact) mass is 277 g/mol. The molecule has 0 aliphatic heterocycles. The molecule has 6 heteroatoms. The Bertz CT molecular complexity index is 249. The topological polar surface area (TPSA) is 68.2 Å². The molecule has 114 valence electrons. The lowest BCUT2D eigenvalue weighted by Gasteiger charge is -2.23. The third-order valence-electron chi connectivity index (χ3n) is 2.69. The zero-order valence-corrected chi connectivity index (χ0v) is 12.6. The second-order valence-electron chi connectivity index (χ2n) is 4.90. The summed E-state index contributed by atoms with van der Waals surface area (Å²) in [5.41, 5.74) is 0. The maximum absolute atomic E-state index is 11.3. The molecule has 0 radical (unpaired) electrons. The number of hydrogen-bond acceptors (Lipinski definition) is 6. The molecule has 0 aliphatic rings. The summed E-state index contributed by atoms with van der Waals surface area (Å²) in [5.74, 6) is -0.457. The van der Waals surface area contributed by atoms with Crippen molar-refractivity contribution in [3.8, 4) is 0 Å². The molecule has 0 fully saturated rings. The van der Waals surface area contributed by atoms with Crippen LogP contribution in [0.2, 0.25) is 0 Å². The fourth-order valence-electron chi connectivity index (χ4n) is 1.79. The standard InChI is InChI=1S/C13H27NO5/c1-10(13(16)18-5)6-14(3)7-12(15)9-19-11(2)8-17-4/h10-12,15H,6-9H2,1-5H3. The van der Waals surface area contributed by atoms with Gasteiger partial charge in [0.25, 0.3) is 0 Å². The average molecular weight is 277 g/mol. The molecule has 0 aromatic heterocycles. The van der Waals surface area contributed by atoms with Gasteiger partial charge in [-0.25, -0.2) is 0 Å². The second kappa shape index (κ2) is 10.1. The van der Waals surface area contributed by atoms with E-state index in [4.69, 9.17) is 9.47 Å². The summed E-state index contributed by atoms with van der Waals surface area (Å²) < 4.78 is 15.0. The Morgan fingerprint density at radius 1 is 1.21 bits per heavy atom. The van der Waals surface area contributed by atoms with Crippen molar-refractivity contribution in [1.82, 2.24) is 4.90 Å². The molecule has 0 aromatic carbocycles. The van der Waals surface area contributed by atoms with Gasteiger partial charge >= 0.3 is 5.97 Å². The van der Waals surface area contributed by atoms with Crippen LogP contribution in [0.5, 0.6) is 0 Å². The summed E-state index contributed by atoms with van der Waals surface area (Å²) in [7, 11) is 4.83. The fraction of sp³-hybridized carbons (Fsp3) is 0.923. The van der Waals surface area contributed by atoms with E-state index in [9.17, 15) is 9.90 Å². The molecular formula is C13H27NO5. The molecule has 0 heterocycles. The number of nitrogens with zero attached hydrogens (tertiary/aromatic N) is 1. The number of carbonyl (C=O) groups is 1. The highest BCUT2D eigenvalue weighted by Gasteiger charge is 2.17. The van der Waals surface area contributed by atoms with Crippen molar-refractivity contribution in [2.24, 2.45) is 5.92 Å². The van der Waals surface area contributed by atoms with Gasteiger partial charge < -0.3 is 24.2 Å². The lowest BCUT2D eigenvalue weighted by molar-refractivity contribution is -0.145. The molecule has 3 atom stereocenters. The first-order valence-corrected chi connectivity index (χ1v) is 6.45. The Hall–Kier alpha value is -0.690. The second-order valence-corrected chi connectivity index (χ2v) is 4.90. The summed E-state index contributed by atoms with van der Waals surface area (Å²) in [6.45, 7) is 5.42. The fourth-order valence-corrected chi connectivity index (χ4v) is 1.79. The van der Waals surface area contributed by atoms with Crippen LogP contribution in [0.25, 0.3) is 0 Å². The average Bonchev–Trinajstić information content (AvgIpc) is 2.35. The Morgan fingerprint density at radius 3 is 2.37 bits per heavy atom. The maximum atomic E-state index is 11.3. The van der Waals surface area contributed by atoms with Crippen LogP contribution in [0.15, 0.2) is 0 Å². The van der Waals surface area contributed by atoms with E-state index in [1.54, 1.807) is 14.0 Å². The number of methoxy groups -OCH3 is 2. The molecule has 0 bridgehead atoms. The highest BCUT2D eigenvalue weighted by atomic mass is 16.5. The molecule has 3 unspecified atom stereocenters. The van der Waals surface area contributed by atoms with Crippen molar-refractivity contribution in [3.63, 3.8) is 0 Å². The predicted molar refractivity (Wildman–Crippen MR) is 72.0 cm³/mol. The van der Waals surface area contributed by atoms with Gasteiger partial charge in [-0.2, -0.15) is 0 Å². The van der Waals surface area contributed by atoms with Gasteiger partial charge in [0.2, 0.25) is 0 Å². The Balaban J connectivity index is 3.85. The van der Waals surface area contributed by atoms with Crippen LogP contribution in [-0.2, 0) is 19.0 Å². The summed E-state index contributed by atoms with van der Waals surface area (Å²) in [6.07, 6.45) is -0.631. The minimum atomic E-state index is -0.589. The third-order valence-corrected chi connectivity index (χ3v) is 2.69. The Morgan fingerprint density at radius 2 is 1.84 bits per heavy atom. The number of carbonyl (C=O) groups excluding carboxylic acids is 1. The van der Waals surface area contributed by atoms with Gasteiger partial charge in [0, 0.05) is 20.2 Å². The molecule has 0 aromatic rings. The SMILES string of the molecule is COCC(C)OCC(O)CN(C)CC(C)C(=O)OC. The minimum absolute atomic E-state index is 0.0426. The van der Waals surface area contributed by atoms with Crippen molar-refractivity contribution >= 4 is 5.97 Å². The third kappa shape index (κ3) is 8.93. The quantitative estimate of drug-likeness (QED) is 0.573. The number of likely N-dealkylation sites (N-methyl/N-ethyl adjacent to an activating group) is 1. The lowest BCUT2D eigenvalue weighted by atomic mass is 10.1. The number of esters is 1. The van der Waals surface area contributed by atoms with E-state index >= 15 is 0 Å². The van der Waals surface area contributed by atoms with Crippen LogP contribution in [0, 0.1) is 5.92 Å². The number of hydrogen-bond donors (Lipinski definition) is 1. The molecule has 0 rings (SSSR count). The van der Waals surface area contributed by atoms with E-state index in [0.29, 0.717) is 19.7 Å². The van der Waals surface area contributed by atoms with E-state index in [1.165, 1.54) is 7.11 Å². The minimum Gasteiger partial charge on any atom is -0.469 e. The van der Waals surface area contributed by atoms with Gasteiger partial charge in [0.15, 0.2) is 0 Å². The summed E-state index contributed by atoms with van der Waals surface area (Å²) in [5, 5.41) is 9.82. The largest absolute Gasteiger partial charge is 0.469 e. The number of ether oxygens (including phenoxy) is 3. The first-order chi connectivity index (χ1) is 8.90. The van der Waals surface area contributed by atoms with E-state index in [2.05, 4.69) is 4.74 Å². The van der Waals surface area contributed by atoms with E-state index in [1.807, 2.05) is 18.9 Å². The molecule has 6 nitrogen and oxygen atoms in total. The zero-order valence-electron chi connectivity index (χ0n) is 12.6. The Kier molecular flexibility index (Phi) is 9.77. The summed E-state index contributed by atoms with van der Waals surface area (Å²) >= 11 is 0. The van der Waals surface area contributed by atoms with E-state index in [0.717, 1.165) is 0 Å². The van der Waals surface area contributed by atoms with Gasteiger partial charge in [-0.3, -0.25) is 4.79 Å². The van der Waals surface area contributed by atoms with E-state index in [-0.39, 0.29) is 24.6 Å². The number of rotatable bonds is 10. The molecule has 0 amide bonds. The molecule has 0 saturated heterocycles. The highest BCUT2D eigenvalue weighted by Crippen LogP contribution is 2.02. The van der Waals surface area contributed by atoms with Crippen molar-refractivity contribution in [1.29, 1.82) is 0 Å². The van der Waals surface area contributed by atoms with Gasteiger partial charge in [0.05, 0.1) is 38.4 Å². The normalized spacial score (nSPS) is 16.2. The summed E-state index contributed by atoms with van der Waals surface area (Å²) in [6, 6.07) is 0. The van der Waals surface area contributed by atoms with Crippen molar-refractivity contribution < 1.29 is 24.1 Å². The molecule has 1 N–H and O–H groups in total. The lowest BCUT2D eigenvalue weighted by Crippen LogP contribution is -2.37. The molecule has 0 aliphatic carbocycles. The van der Waals surface area contributed by atoms with Crippen LogP contribution in [-0.4, -0.2) is 75.8 Å². The van der Waals surface area contributed by atoms with Crippen molar-refractivity contribution in [3.05, 3.63) is 0 Å². The maximum Gasteiger partial charge on any atom is 0.309 e. The van der Waals surface area contributed by atoms with Crippen LogP contribution >= 0.6 is 0 Å². The molecular weight excluding hydrogens is 250 g/mol. The van der Waals surface area contributed by atoms with Crippen molar-refractivity contribution in [2.45, 2.75) is 26.1 Å². The van der Waals surface area contributed by atoms with Crippen LogP contribution in [0.1, 0.15) is 13.8 Å². The van der Waals surface area contributed by atoms with E-state index < -0.39 is 6.10 Å².